The maximum absolute atomic E-state index is 11.6. The molecule has 0 bridgehead atoms. The van der Waals surface area contributed by atoms with E-state index in [0.717, 1.165) is 42.7 Å². The SMILES string of the molecule is COc1ccc(C(N)=S)cc1CN1CCCCC1C(N)=O. The zero-order chi connectivity index (χ0) is 15.4. The number of thiocarbonyl (C=S) groups is 1. The molecule has 1 aliphatic rings. The molecule has 4 N–H and O–H groups in total. The van der Waals surface area contributed by atoms with Gasteiger partial charge in [0, 0.05) is 17.7 Å². The maximum atomic E-state index is 11.6. The number of hydrogen-bond acceptors (Lipinski definition) is 4. The summed E-state index contributed by atoms with van der Waals surface area (Å²) in [4.78, 5) is 14.0. The van der Waals surface area contributed by atoms with Crippen LogP contribution in [0.15, 0.2) is 18.2 Å². The molecule has 0 radical (unpaired) electrons. The van der Waals surface area contributed by atoms with Crippen LogP contribution in [0, 0.1) is 0 Å². The van der Waals surface area contributed by atoms with Crippen LogP contribution in [-0.4, -0.2) is 35.5 Å². The lowest BCUT2D eigenvalue weighted by Crippen LogP contribution is -2.47. The number of carbonyl (C=O) groups excluding carboxylic acids is 1. The summed E-state index contributed by atoms with van der Waals surface area (Å²) < 4.78 is 5.39. The van der Waals surface area contributed by atoms with E-state index in [0.29, 0.717) is 11.5 Å². The lowest BCUT2D eigenvalue weighted by molar-refractivity contribution is -0.124. The van der Waals surface area contributed by atoms with Crippen LogP contribution >= 0.6 is 12.2 Å². The third-order valence-electron chi connectivity index (χ3n) is 3.88. The van der Waals surface area contributed by atoms with Crippen molar-refractivity contribution in [3.05, 3.63) is 29.3 Å². The molecule has 1 aliphatic heterocycles. The van der Waals surface area contributed by atoms with Gasteiger partial charge in [-0.25, -0.2) is 0 Å². The van der Waals surface area contributed by atoms with Gasteiger partial charge in [0.15, 0.2) is 0 Å². The predicted molar refractivity (Wildman–Crippen MR) is 86.1 cm³/mol. The molecule has 1 amide bonds. The lowest BCUT2D eigenvalue weighted by Gasteiger charge is -2.33. The molecule has 1 fully saturated rings. The van der Waals surface area contributed by atoms with Crippen molar-refractivity contribution < 1.29 is 9.53 Å². The number of benzene rings is 1. The Labute approximate surface area is 130 Å². The summed E-state index contributed by atoms with van der Waals surface area (Å²) in [5.74, 6) is 0.503. The first-order valence-corrected chi connectivity index (χ1v) is 7.44. The summed E-state index contributed by atoms with van der Waals surface area (Å²) >= 11 is 5.02. The van der Waals surface area contributed by atoms with E-state index in [9.17, 15) is 4.79 Å². The molecule has 1 aromatic carbocycles. The molecule has 0 saturated carbocycles. The number of primary amides is 1. The van der Waals surface area contributed by atoms with Gasteiger partial charge in [-0.1, -0.05) is 18.6 Å². The van der Waals surface area contributed by atoms with Crippen LogP contribution in [0.2, 0.25) is 0 Å². The molecule has 1 saturated heterocycles. The van der Waals surface area contributed by atoms with Gasteiger partial charge in [-0.3, -0.25) is 9.69 Å². The van der Waals surface area contributed by atoms with Crippen molar-refractivity contribution in [2.75, 3.05) is 13.7 Å². The van der Waals surface area contributed by atoms with Gasteiger partial charge < -0.3 is 16.2 Å². The van der Waals surface area contributed by atoms with E-state index in [2.05, 4.69) is 4.90 Å². The molecule has 21 heavy (non-hydrogen) atoms. The average molecular weight is 307 g/mol. The van der Waals surface area contributed by atoms with Crippen molar-refractivity contribution in [2.45, 2.75) is 31.8 Å². The number of methoxy groups -OCH3 is 1. The Morgan fingerprint density at radius 3 is 2.81 bits per heavy atom. The normalized spacial score (nSPS) is 19.2. The second kappa shape index (κ2) is 6.87. The highest BCUT2D eigenvalue weighted by Gasteiger charge is 2.27. The smallest absolute Gasteiger partial charge is 0.234 e. The molecule has 114 valence electrons. The third kappa shape index (κ3) is 3.71. The number of carbonyl (C=O) groups is 1. The van der Waals surface area contributed by atoms with Crippen LogP contribution in [0.25, 0.3) is 0 Å². The summed E-state index contributed by atoms with van der Waals surface area (Å²) in [6.45, 7) is 1.46. The Morgan fingerprint density at radius 1 is 1.43 bits per heavy atom. The Morgan fingerprint density at radius 2 is 2.19 bits per heavy atom. The fourth-order valence-electron chi connectivity index (χ4n) is 2.78. The van der Waals surface area contributed by atoms with Gasteiger partial charge in [0.05, 0.1) is 13.2 Å². The number of piperidine rings is 1. The van der Waals surface area contributed by atoms with Crippen LogP contribution in [-0.2, 0) is 11.3 Å². The number of rotatable bonds is 5. The molecule has 2 rings (SSSR count). The van der Waals surface area contributed by atoms with Crippen molar-refractivity contribution in [3.63, 3.8) is 0 Å². The summed E-state index contributed by atoms with van der Waals surface area (Å²) in [6.07, 6.45) is 2.92. The van der Waals surface area contributed by atoms with Gasteiger partial charge in [-0.2, -0.15) is 0 Å². The summed E-state index contributed by atoms with van der Waals surface area (Å²) in [6, 6.07) is 5.41. The van der Waals surface area contributed by atoms with E-state index in [4.69, 9.17) is 28.4 Å². The van der Waals surface area contributed by atoms with Crippen molar-refractivity contribution in [1.29, 1.82) is 0 Å². The van der Waals surface area contributed by atoms with E-state index in [-0.39, 0.29) is 11.9 Å². The largest absolute Gasteiger partial charge is 0.496 e. The van der Waals surface area contributed by atoms with Crippen molar-refractivity contribution in [1.82, 2.24) is 4.90 Å². The maximum Gasteiger partial charge on any atom is 0.234 e. The number of likely N-dealkylation sites (tertiary alicyclic amines) is 1. The predicted octanol–water partition coefficient (Wildman–Crippen LogP) is 1.17. The van der Waals surface area contributed by atoms with Gasteiger partial charge in [0.2, 0.25) is 5.91 Å². The number of amides is 1. The fraction of sp³-hybridized carbons (Fsp3) is 0.467. The molecular weight excluding hydrogens is 286 g/mol. The molecule has 0 spiro atoms. The van der Waals surface area contributed by atoms with Crippen LogP contribution in [0.3, 0.4) is 0 Å². The Kier molecular flexibility index (Phi) is 5.14. The zero-order valence-corrected chi connectivity index (χ0v) is 13.0. The molecule has 1 unspecified atom stereocenters. The first-order valence-electron chi connectivity index (χ1n) is 7.03. The van der Waals surface area contributed by atoms with Crippen LogP contribution in [0.4, 0.5) is 0 Å². The Bertz CT molecular complexity index is 548. The lowest BCUT2D eigenvalue weighted by atomic mass is 10.00. The third-order valence-corrected chi connectivity index (χ3v) is 4.12. The Balaban J connectivity index is 2.25. The Hall–Kier alpha value is -1.66. The van der Waals surface area contributed by atoms with Gasteiger partial charge in [-0.05, 0) is 37.6 Å². The molecule has 6 heteroatoms. The first-order chi connectivity index (χ1) is 10.0. The topological polar surface area (TPSA) is 81.6 Å². The van der Waals surface area contributed by atoms with Gasteiger partial charge in [0.25, 0.3) is 0 Å². The van der Waals surface area contributed by atoms with E-state index in [1.165, 1.54) is 0 Å². The van der Waals surface area contributed by atoms with Gasteiger partial charge >= 0.3 is 0 Å². The van der Waals surface area contributed by atoms with E-state index < -0.39 is 0 Å². The zero-order valence-electron chi connectivity index (χ0n) is 12.2. The minimum atomic E-state index is -0.265. The fourth-order valence-corrected chi connectivity index (χ4v) is 2.90. The molecule has 1 atom stereocenters. The number of ether oxygens (including phenoxy) is 1. The van der Waals surface area contributed by atoms with Gasteiger partial charge in [-0.15, -0.1) is 0 Å². The average Bonchev–Trinajstić information content (AvgIpc) is 2.47. The minimum absolute atomic E-state index is 0.211. The van der Waals surface area contributed by atoms with Crippen molar-refractivity contribution in [2.24, 2.45) is 11.5 Å². The highest BCUT2D eigenvalue weighted by atomic mass is 32.1. The van der Waals surface area contributed by atoms with Crippen LogP contribution < -0.4 is 16.2 Å². The molecule has 5 nitrogen and oxygen atoms in total. The summed E-state index contributed by atoms with van der Waals surface area (Å²) in [7, 11) is 1.63. The molecule has 0 aromatic heterocycles. The number of hydrogen-bond donors (Lipinski definition) is 2. The summed E-state index contributed by atoms with van der Waals surface area (Å²) in [5, 5.41) is 0. The monoisotopic (exact) mass is 307 g/mol. The van der Waals surface area contributed by atoms with Crippen molar-refractivity contribution >= 4 is 23.1 Å². The number of nitrogens with zero attached hydrogens (tertiary/aromatic N) is 1. The molecular formula is C15H21N3O2S. The highest BCUT2D eigenvalue weighted by Crippen LogP contribution is 2.25. The van der Waals surface area contributed by atoms with E-state index in [1.807, 2.05) is 18.2 Å². The summed E-state index contributed by atoms with van der Waals surface area (Å²) in [5.41, 5.74) is 13.0. The van der Waals surface area contributed by atoms with E-state index in [1.54, 1.807) is 7.11 Å². The second-order valence-corrected chi connectivity index (χ2v) is 5.72. The van der Waals surface area contributed by atoms with Gasteiger partial charge in [0.1, 0.15) is 10.7 Å². The van der Waals surface area contributed by atoms with E-state index >= 15 is 0 Å². The standard InChI is InChI=1S/C15H21N3O2S/c1-20-13-6-5-10(15(17)21)8-11(13)9-18-7-3-2-4-12(18)14(16)19/h5-6,8,12H,2-4,7,9H2,1H3,(H2,16,19)(H2,17,21). The van der Waals surface area contributed by atoms with Crippen LogP contribution in [0.1, 0.15) is 30.4 Å². The van der Waals surface area contributed by atoms with Crippen LogP contribution in [0.5, 0.6) is 5.75 Å². The highest BCUT2D eigenvalue weighted by molar-refractivity contribution is 7.80. The molecule has 1 aromatic rings. The molecule has 1 heterocycles. The number of nitrogens with two attached hydrogens (primary N) is 2. The second-order valence-electron chi connectivity index (χ2n) is 5.28. The molecule has 0 aliphatic carbocycles. The van der Waals surface area contributed by atoms with Crippen molar-refractivity contribution in [3.8, 4) is 5.75 Å². The minimum Gasteiger partial charge on any atom is -0.496 e. The quantitative estimate of drug-likeness (QED) is 0.798. The first kappa shape index (κ1) is 15.7.